The highest BCUT2D eigenvalue weighted by Gasteiger charge is 2.36. The van der Waals surface area contributed by atoms with Crippen LogP contribution in [0.2, 0.25) is 0 Å². The Bertz CT molecular complexity index is 735. The maximum absolute atomic E-state index is 13.1. The first kappa shape index (κ1) is 18.1. The number of rotatable bonds is 7. The number of carbonyl (C=O) groups excluding carboxylic acids is 2. The molecule has 1 fully saturated rings. The average Bonchev–Trinajstić information content (AvgIpc) is 3.28. The molecule has 1 N–H and O–H groups in total. The molecule has 0 radical (unpaired) electrons. The normalized spacial score (nSPS) is 18.7. The van der Waals surface area contributed by atoms with Crippen LogP contribution in [0, 0.1) is 5.92 Å². The molecule has 2 aliphatic rings. The van der Waals surface area contributed by atoms with Crippen molar-refractivity contribution in [3.8, 4) is 0 Å². The summed E-state index contributed by atoms with van der Waals surface area (Å²) in [5.74, 6) is -0.647. The Morgan fingerprint density at radius 3 is 2.62 bits per heavy atom. The summed E-state index contributed by atoms with van der Waals surface area (Å²) in [6.07, 6.45) is 7.59. The van der Waals surface area contributed by atoms with Gasteiger partial charge in [-0.2, -0.15) is 0 Å². The fourth-order valence-electron chi connectivity index (χ4n) is 3.67. The third-order valence-corrected chi connectivity index (χ3v) is 5.13. The summed E-state index contributed by atoms with van der Waals surface area (Å²) in [5.41, 5.74) is 0.200. The minimum absolute atomic E-state index is 0.0227. The van der Waals surface area contributed by atoms with Crippen LogP contribution in [0.1, 0.15) is 53.0 Å². The van der Waals surface area contributed by atoms with E-state index >= 15 is 0 Å². The molecular weight excluding hydrogens is 336 g/mol. The van der Waals surface area contributed by atoms with Crippen LogP contribution in [-0.4, -0.2) is 52.3 Å². The maximum Gasteiger partial charge on any atom is 0.337 e. The molecule has 1 aliphatic heterocycles. The molecule has 1 aromatic heterocycles. The SMILES string of the molecule is COC1=CC(=O)N([C@@H](CC2CCCC2)C(=O)c2ccc(C(=O)O)cn2)C1. The largest absolute Gasteiger partial charge is 0.499 e. The van der Waals surface area contributed by atoms with E-state index in [-0.39, 0.29) is 29.5 Å². The summed E-state index contributed by atoms with van der Waals surface area (Å²) in [5, 5.41) is 8.98. The zero-order valence-electron chi connectivity index (χ0n) is 14.7. The van der Waals surface area contributed by atoms with Gasteiger partial charge in [0.2, 0.25) is 5.78 Å². The van der Waals surface area contributed by atoms with Crippen molar-refractivity contribution in [2.24, 2.45) is 5.92 Å². The smallest absolute Gasteiger partial charge is 0.337 e. The van der Waals surface area contributed by atoms with E-state index in [1.807, 2.05) is 0 Å². The van der Waals surface area contributed by atoms with Crippen molar-refractivity contribution in [3.05, 3.63) is 41.4 Å². The number of aromatic carboxylic acids is 1. The molecule has 1 amide bonds. The molecule has 2 heterocycles. The Labute approximate surface area is 151 Å². The number of ether oxygens (including phenoxy) is 1. The molecule has 0 bridgehead atoms. The molecule has 3 rings (SSSR count). The third kappa shape index (κ3) is 3.76. The van der Waals surface area contributed by atoms with Gasteiger partial charge >= 0.3 is 5.97 Å². The lowest BCUT2D eigenvalue weighted by molar-refractivity contribution is -0.126. The van der Waals surface area contributed by atoms with Crippen LogP contribution in [0.15, 0.2) is 30.2 Å². The van der Waals surface area contributed by atoms with Crippen LogP contribution in [0.5, 0.6) is 0 Å². The van der Waals surface area contributed by atoms with Gasteiger partial charge in [0.25, 0.3) is 5.91 Å². The van der Waals surface area contributed by atoms with Crippen molar-refractivity contribution in [1.82, 2.24) is 9.88 Å². The maximum atomic E-state index is 13.1. The number of ketones is 1. The number of carboxylic acid groups (broad SMARTS) is 1. The highest BCUT2D eigenvalue weighted by atomic mass is 16.5. The van der Waals surface area contributed by atoms with Gasteiger partial charge in [-0.25, -0.2) is 4.79 Å². The lowest BCUT2D eigenvalue weighted by atomic mass is 9.93. The zero-order valence-corrected chi connectivity index (χ0v) is 14.7. The standard InChI is InChI=1S/C19H22N2O5/c1-26-14-9-17(22)21(11-14)16(8-12-4-2-3-5-12)18(23)15-7-6-13(10-20-15)19(24)25/h6-7,9-10,12,16H,2-5,8,11H2,1H3,(H,24,25)/t16-/m0/s1. The lowest BCUT2D eigenvalue weighted by Gasteiger charge is -2.28. The number of hydrogen-bond donors (Lipinski definition) is 1. The summed E-state index contributed by atoms with van der Waals surface area (Å²) in [6, 6.07) is 2.16. The van der Waals surface area contributed by atoms with Crippen molar-refractivity contribution >= 4 is 17.7 Å². The molecule has 7 heteroatoms. The van der Waals surface area contributed by atoms with E-state index in [9.17, 15) is 14.4 Å². The lowest BCUT2D eigenvalue weighted by Crippen LogP contribution is -2.44. The summed E-state index contributed by atoms with van der Waals surface area (Å²) in [4.78, 5) is 41.9. The van der Waals surface area contributed by atoms with E-state index in [1.165, 1.54) is 36.4 Å². The minimum Gasteiger partial charge on any atom is -0.499 e. The highest BCUT2D eigenvalue weighted by molar-refractivity contribution is 6.03. The zero-order chi connectivity index (χ0) is 18.7. The Balaban J connectivity index is 1.83. The van der Waals surface area contributed by atoms with Gasteiger partial charge in [0, 0.05) is 12.3 Å². The first-order valence-electron chi connectivity index (χ1n) is 8.78. The third-order valence-electron chi connectivity index (χ3n) is 5.13. The molecule has 138 valence electrons. The second kappa shape index (κ2) is 7.68. The van der Waals surface area contributed by atoms with Gasteiger partial charge in [0.1, 0.15) is 11.5 Å². The van der Waals surface area contributed by atoms with Crippen molar-refractivity contribution in [3.63, 3.8) is 0 Å². The number of pyridine rings is 1. The van der Waals surface area contributed by atoms with E-state index in [4.69, 9.17) is 9.84 Å². The Morgan fingerprint density at radius 1 is 1.35 bits per heavy atom. The second-order valence-electron chi connectivity index (χ2n) is 6.78. The number of amides is 1. The van der Waals surface area contributed by atoms with Gasteiger partial charge in [-0.15, -0.1) is 0 Å². The second-order valence-corrected chi connectivity index (χ2v) is 6.78. The molecule has 1 atom stereocenters. The number of carbonyl (C=O) groups is 3. The summed E-state index contributed by atoms with van der Waals surface area (Å²) in [6.45, 7) is 0.270. The quantitative estimate of drug-likeness (QED) is 0.751. The van der Waals surface area contributed by atoms with Crippen LogP contribution in [0.4, 0.5) is 0 Å². The molecule has 7 nitrogen and oxygen atoms in total. The van der Waals surface area contributed by atoms with E-state index in [0.29, 0.717) is 18.1 Å². The summed E-state index contributed by atoms with van der Waals surface area (Å²) < 4.78 is 5.17. The molecule has 1 aliphatic carbocycles. The molecule has 1 aromatic rings. The number of Topliss-reactive ketones (excluding diaryl/α,β-unsaturated/α-hetero) is 1. The highest BCUT2D eigenvalue weighted by Crippen LogP contribution is 2.32. The Morgan fingerprint density at radius 2 is 2.08 bits per heavy atom. The molecule has 26 heavy (non-hydrogen) atoms. The molecule has 0 unspecified atom stereocenters. The van der Waals surface area contributed by atoms with E-state index in [1.54, 1.807) is 0 Å². The van der Waals surface area contributed by atoms with Crippen molar-refractivity contribution in [1.29, 1.82) is 0 Å². The average molecular weight is 358 g/mol. The van der Waals surface area contributed by atoms with Gasteiger partial charge in [0.15, 0.2) is 0 Å². The van der Waals surface area contributed by atoms with Gasteiger partial charge in [-0.05, 0) is 24.5 Å². The fourth-order valence-corrected chi connectivity index (χ4v) is 3.67. The van der Waals surface area contributed by atoms with Gasteiger partial charge in [-0.1, -0.05) is 25.7 Å². The van der Waals surface area contributed by atoms with Crippen molar-refractivity contribution in [2.45, 2.75) is 38.1 Å². The Kier molecular flexibility index (Phi) is 5.35. The monoisotopic (exact) mass is 358 g/mol. The molecular formula is C19H22N2O5. The molecule has 0 spiro atoms. The van der Waals surface area contributed by atoms with Crippen LogP contribution in [0.25, 0.3) is 0 Å². The molecule has 0 aromatic carbocycles. The number of carboxylic acids is 1. The fraction of sp³-hybridized carbons (Fsp3) is 0.474. The van der Waals surface area contributed by atoms with E-state index in [2.05, 4.69) is 4.98 Å². The van der Waals surface area contributed by atoms with Gasteiger partial charge in [0.05, 0.1) is 25.3 Å². The molecule has 1 saturated carbocycles. The van der Waals surface area contributed by atoms with Crippen LogP contribution in [-0.2, 0) is 9.53 Å². The van der Waals surface area contributed by atoms with E-state index in [0.717, 1.165) is 25.7 Å². The molecule has 0 saturated heterocycles. The number of hydrogen-bond acceptors (Lipinski definition) is 5. The minimum atomic E-state index is -1.09. The first-order chi connectivity index (χ1) is 12.5. The van der Waals surface area contributed by atoms with Crippen LogP contribution < -0.4 is 0 Å². The number of aromatic nitrogens is 1. The summed E-state index contributed by atoms with van der Waals surface area (Å²) in [7, 11) is 1.50. The predicted molar refractivity (Wildman–Crippen MR) is 92.7 cm³/mol. The van der Waals surface area contributed by atoms with Crippen LogP contribution in [0.3, 0.4) is 0 Å². The van der Waals surface area contributed by atoms with Gasteiger partial charge in [-0.3, -0.25) is 14.6 Å². The summed E-state index contributed by atoms with van der Waals surface area (Å²) >= 11 is 0. The van der Waals surface area contributed by atoms with Crippen LogP contribution >= 0.6 is 0 Å². The first-order valence-corrected chi connectivity index (χ1v) is 8.78. The van der Waals surface area contributed by atoms with Gasteiger partial charge < -0.3 is 14.7 Å². The number of nitrogens with zero attached hydrogens (tertiary/aromatic N) is 2. The predicted octanol–water partition coefficient (Wildman–Crippen LogP) is 2.28. The number of methoxy groups -OCH3 is 1. The Hall–Kier alpha value is -2.70. The van der Waals surface area contributed by atoms with E-state index < -0.39 is 12.0 Å². The topological polar surface area (TPSA) is 96.8 Å². The van der Waals surface area contributed by atoms with Crippen molar-refractivity contribution < 1.29 is 24.2 Å². The van der Waals surface area contributed by atoms with Crippen molar-refractivity contribution in [2.75, 3.05) is 13.7 Å².